The number of guanidine groups is 1. The van der Waals surface area contributed by atoms with Crippen molar-refractivity contribution in [1.82, 2.24) is 15.6 Å². The van der Waals surface area contributed by atoms with Crippen LogP contribution >= 0.6 is 35.3 Å². The summed E-state index contributed by atoms with van der Waals surface area (Å²) in [4.78, 5) is 8.92. The Balaban J connectivity index is 0.00000420. The fourth-order valence-electron chi connectivity index (χ4n) is 2.49. The number of thiazole rings is 1. The topological polar surface area (TPSA) is 67.8 Å². The van der Waals surface area contributed by atoms with E-state index in [0.29, 0.717) is 23.8 Å². The Morgan fingerprint density at radius 1 is 1.31 bits per heavy atom. The molecule has 0 atom stereocenters. The Bertz CT molecular complexity index is 774. The summed E-state index contributed by atoms with van der Waals surface area (Å²) in [6.45, 7) is 2.65. The predicted octanol–water partition coefficient (Wildman–Crippen LogP) is 4.37. The van der Waals surface area contributed by atoms with Gasteiger partial charge in [-0.3, -0.25) is 0 Å². The highest BCUT2D eigenvalue weighted by Crippen LogP contribution is 2.26. The highest BCUT2D eigenvalue weighted by Gasteiger charge is 2.11. The van der Waals surface area contributed by atoms with Crippen molar-refractivity contribution in [1.29, 1.82) is 0 Å². The lowest BCUT2D eigenvalue weighted by molar-refractivity contribution is -0.0504. The summed E-state index contributed by atoms with van der Waals surface area (Å²) < 4.78 is 35.0. The van der Waals surface area contributed by atoms with Crippen molar-refractivity contribution in [2.24, 2.45) is 4.99 Å². The number of nitrogens with zero attached hydrogens (tertiary/aromatic N) is 2. The second kappa shape index (κ2) is 13.5. The van der Waals surface area contributed by atoms with Gasteiger partial charge in [0.2, 0.25) is 0 Å². The first-order valence-electron chi connectivity index (χ1n) is 9.06. The average molecular weight is 540 g/mol. The molecule has 0 saturated heterocycles. The van der Waals surface area contributed by atoms with Crippen LogP contribution in [0, 0.1) is 6.92 Å². The van der Waals surface area contributed by atoms with Crippen LogP contribution in [0.3, 0.4) is 0 Å². The molecule has 2 rings (SSSR count). The second-order valence-electron chi connectivity index (χ2n) is 5.96. The maximum absolute atomic E-state index is 12.6. The van der Waals surface area contributed by atoms with Crippen LogP contribution in [0.2, 0.25) is 0 Å². The molecule has 1 aromatic carbocycles. The van der Waals surface area contributed by atoms with Crippen molar-refractivity contribution in [3.8, 4) is 11.5 Å². The number of alkyl halides is 2. The third kappa shape index (κ3) is 9.11. The minimum Gasteiger partial charge on any atom is -0.497 e. The van der Waals surface area contributed by atoms with E-state index < -0.39 is 6.61 Å². The van der Waals surface area contributed by atoms with E-state index >= 15 is 0 Å². The maximum atomic E-state index is 12.6. The van der Waals surface area contributed by atoms with Crippen LogP contribution < -0.4 is 20.1 Å². The summed E-state index contributed by atoms with van der Waals surface area (Å²) in [6, 6.07) is 4.69. The zero-order chi connectivity index (χ0) is 20.4. The Kier molecular flexibility index (Phi) is 11.8. The molecule has 1 heterocycles. The van der Waals surface area contributed by atoms with E-state index in [1.54, 1.807) is 23.5 Å². The molecule has 2 N–H and O–H groups in total. The van der Waals surface area contributed by atoms with Crippen LogP contribution in [0.15, 0.2) is 28.6 Å². The van der Waals surface area contributed by atoms with Gasteiger partial charge in [-0.05, 0) is 38.5 Å². The largest absolute Gasteiger partial charge is 0.497 e. The van der Waals surface area contributed by atoms with Gasteiger partial charge >= 0.3 is 6.61 Å². The normalized spacial score (nSPS) is 11.2. The number of hydrogen-bond acceptors (Lipinski definition) is 5. The number of aromatic nitrogens is 1. The Morgan fingerprint density at radius 3 is 2.72 bits per heavy atom. The summed E-state index contributed by atoms with van der Waals surface area (Å²) >= 11 is 1.66. The minimum absolute atomic E-state index is 0. The first-order chi connectivity index (χ1) is 13.5. The fourth-order valence-corrected chi connectivity index (χ4v) is 3.31. The number of aryl methyl sites for hydroxylation is 2. The lowest BCUT2D eigenvalue weighted by atomic mass is 10.2. The summed E-state index contributed by atoms with van der Waals surface area (Å²) in [7, 11) is 1.52. The van der Waals surface area contributed by atoms with Crippen molar-refractivity contribution in [2.45, 2.75) is 39.8 Å². The third-order valence-electron chi connectivity index (χ3n) is 3.76. The van der Waals surface area contributed by atoms with Crippen molar-refractivity contribution < 1.29 is 18.3 Å². The first-order valence-corrected chi connectivity index (χ1v) is 9.94. The fraction of sp³-hybridized carbons (Fsp3) is 0.474. The van der Waals surface area contributed by atoms with Gasteiger partial charge in [0.25, 0.3) is 0 Å². The molecule has 0 amide bonds. The van der Waals surface area contributed by atoms with Crippen LogP contribution in [0.25, 0.3) is 0 Å². The van der Waals surface area contributed by atoms with E-state index in [0.717, 1.165) is 30.1 Å². The first kappa shape index (κ1) is 25.3. The zero-order valence-corrected chi connectivity index (χ0v) is 19.9. The number of hydrogen-bond donors (Lipinski definition) is 2. The Hall–Kier alpha value is -1.69. The molecule has 1 aromatic heterocycles. The van der Waals surface area contributed by atoms with E-state index in [-0.39, 0.29) is 36.3 Å². The molecule has 162 valence electrons. The van der Waals surface area contributed by atoms with Gasteiger partial charge in [-0.2, -0.15) is 8.78 Å². The van der Waals surface area contributed by atoms with E-state index in [9.17, 15) is 8.78 Å². The number of methoxy groups -OCH3 is 1. The standard InChI is InChI=1S/C19H26F2N4O2S.HI/c1-4-22-19(23-9-5-6-17-25-13(2)12-28-17)24-11-14-10-15(26-3)7-8-16(14)27-18(20)21;/h7-8,10,12,18H,4-6,9,11H2,1-3H3,(H2,22,23,24);1H. The molecule has 29 heavy (non-hydrogen) atoms. The molecule has 0 aliphatic carbocycles. The van der Waals surface area contributed by atoms with Gasteiger partial charge in [0.05, 0.1) is 18.7 Å². The highest BCUT2D eigenvalue weighted by molar-refractivity contribution is 14.0. The van der Waals surface area contributed by atoms with Crippen LogP contribution in [-0.2, 0) is 13.0 Å². The Morgan fingerprint density at radius 2 is 2.10 bits per heavy atom. The number of rotatable bonds is 10. The van der Waals surface area contributed by atoms with Gasteiger partial charge in [-0.25, -0.2) is 9.98 Å². The van der Waals surface area contributed by atoms with Gasteiger partial charge in [0.1, 0.15) is 11.5 Å². The number of aliphatic imine (C=N–C) groups is 1. The summed E-state index contributed by atoms with van der Waals surface area (Å²) in [6.07, 6.45) is 1.81. The number of ether oxygens (including phenoxy) is 2. The zero-order valence-electron chi connectivity index (χ0n) is 16.7. The molecule has 0 radical (unpaired) electrons. The van der Waals surface area contributed by atoms with Gasteiger partial charge in [0.15, 0.2) is 5.96 Å². The van der Waals surface area contributed by atoms with Crippen LogP contribution in [0.4, 0.5) is 8.78 Å². The average Bonchev–Trinajstić information content (AvgIpc) is 3.08. The summed E-state index contributed by atoms with van der Waals surface area (Å²) in [5.41, 5.74) is 1.57. The van der Waals surface area contributed by atoms with Crippen LogP contribution in [0.5, 0.6) is 11.5 Å². The molecule has 2 aromatic rings. The molecule has 6 nitrogen and oxygen atoms in total. The van der Waals surface area contributed by atoms with Crippen molar-refractivity contribution in [2.75, 3.05) is 20.2 Å². The SMILES string of the molecule is CCNC(=NCc1cc(OC)ccc1OC(F)F)NCCCc1nc(C)cs1.I. The minimum atomic E-state index is -2.89. The van der Waals surface area contributed by atoms with Gasteiger partial charge in [-0.15, -0.1) is 35.3 Å². The van der Waals surface area contributed by atoms with Gasteiger partial charge < -0.3 is 20.1 Å². The molecule has 0 saturated carbocycles. The lowest BCUT2D eigenvalue weighted by Gasteiger charge is -2.13. The predicted molar refractivity (Wildman–Crippen MR) is 123 cm³/mol. The van der Waals surface area contributed by atoms with Crippen LogP contribution in [0.1, 0.15) is 29.6 Å². The third-order valence-corrected chi connectivity index (χ3v) is 4.79. The summed E-state index contributed by atoms with van der Waals surface area (Å²) in [5, 5.41) is 9.56. The van der Waals surface area contributed by atoms with E-state index in [1.165, 1.54) is 13.2 Å². The van der Waals surface area contributed by atoms with Gasteiger partial charge in [0, 0.05) is 36.1 Å². The molecule has 0 spiro atoms. The van der Waals surface area contributed by atoms with Crippen molar-refractivity contribution in [3.05, 3.63) is 39.8 Å². The number of halogens is 3. The molecule has 0 aliphatic rings. The van der Waals surface area contributed by atoms with Crippen LogP contribution in [-0.4, -0.2) is 37.8 Å². The molecule has 0 unspecified atom stereocenters. The Labute approximate surface area is 191 Å². The highest BCUT2D eigenvalue weighted by atomic mass is 127. The number of benzene rings is 1. The molecular weight excluding hydrogens is 513 g/mol. The number of nitrogens with one attached hydrogen (secondary N) is 2. The van der Waals surface area contributed by atoms with Crippen molar-refractivity contribution in [3.63, 3.8) is 0 Å². The van der Waals surface area contributed by atoms with E-state index in [1.807, 2.05) is 19.2 Å². The van der Waals surface area contributed by atoms with Gasteiger partial charge in [-0.1, -0.05) is 0 Å². The molecule has 10 heteroatoms. The van der Waals surface area contributed by atoms with Crippen molar-refractivity contribution >= 4 is 41.3 Å². The smallest absolute Gasteiger partial charge is 0.387 e. The van der Waals surface area contributed by atoms with E-state index in [2.05, 4.69) is 25.3 Å². The molecule has 0 aliphatic heterocycles. The maximum Gasteiger partial charge on any atom is 0.387 e. The lowest BCUT2D eigenvalue weighted by Crippen LogP contribution is -2.37. The molecular formula is C19H27F2IN4O2S. The van der Waals surface area contributed by atoms with E-state index in [4.69, 9.17) is 4.74 Å². The quantitative estimate of drug-likeness (QED) is 0.203. The molecule has 0 fully saturated rings. The monoisotopic (exact) mass is 540 g/mol. The summed E-state index contributed by atoms with van der Waals surface area (Å²) in [5.74, 6) is 1.27. The molecule has 0 bridgehead atoms. The second-order valence-corrected chi connectivity index (χ2v) is 6.90.